The zero-order chi connectivity index (χ0) is 13.9. The fourth-order valence-corrected chi connectivity index (χ4v) is 3.02. The minimum Gasteiger partial charge on any atom is -0.493 e. The highest BCUT2D eigenvalue weighted by Gasteiger charge is 2.22. The van der Waals surface area contributed by atoms with Gasteiger partial charge >= 0.3 is 0 Å². The van der Waals surface area contributed by atoms with Gasteiger partial charge in [-0.3, -0.25) is 0 Å². The molecule has 1 aromatic rings. The van der Waals surface area contributed by atoms with Crippen molar-refractivity contribution in [3.63, 3.8) is 0 Å². The van der Waals surface area contributed by atoms with Gasteiger partial charge in [-0.1, -0.05) is 13.8 Å². The fourth-order valence-electron chi connectivity index (χ4n) is 1.98. The third-order valence-corrected chi connectivity index (χ3v) is 3.64. The standard InChI is InChI=1S/C13H20BrNO3/c1-7(2)11-8(9(15)6-16)5-10(17-3)13(18-4)12(11)14/h5,7,9,16H,6,15H2,1-4H3. The molecule has 4 nitrogen and oxygen atoms in total. The first-order valence-corrected chi connectivity index (χ1v) is 6.57. The summed E-state index contributed by atoms with van der Waals surface area (Å²) < 4.78 is 11.5. The summed E-state index contributed by atoms with van der Waals surface area (Å²) in [5, 5.41) is 9.26. The summed E-state index contributed by atoms with van der Waals surface area (Å²) in [6.07, 6.45) is 0. The maximum atomic E-state index is 9.26. The molecule has 0 aromatic heterocycles. The number of rotatable bonds is 5. The van der Waals surface area contributed by atoms with Crippen LogP contribution in [0, 0.1) is 0 Å². The Hall–Kier alpha value is -0.780. The third kappa shape index (κ3) is 2.79. The average molecular weight is 318 g/mol. The number of aliphatic hydroxyl groups is 1. The van der Waals surface area contributed by atoms with Crippen molar-refractivity contribution >= 4 is 15.9 Å². The third-order valence-electron chi connectivity index (χ3n) is 2.85. The van der Waals surface area contributed by atoms with Crippen LogP contribution in [0.2, 0.25) is 0 Å². The van der Waals surface area contributed by atoms with Crippen LogP contribution in [0.25, 0.3) is 0 Å². The van der Waals surface area contributed by atoms with Crippen molar-refractivity contribution in [3.8, 4) is 11.5 Å². The SMILES string of the molecule is COc1cc(C(N)CO)c(C(C)C)c(Br)c1OC. The van der Waals surface area contributed by atoms with Crippen molar-refractivity contribution in [2.24, 2.45) is 5.73 Å². The molecular formula is C13H20BrNO3. The second-order valence-electron chi connectivity index (χ2n) is 4.37. The zero-order valence-corrected chi connectivity index (χ0v) is 12.7. The Bertz CT molecular complexity index is 421. The van der Waals surface area contributed by atoms with E-state index >= 15 is 0 Å². The van der Waals surface area contributed by atoms with Crippen molar-refractivity contribution in [1.82, 2.24) is 0 Å². The summed E-state index contributed by atoms with van der Waals surface area (Å²) in [5.41, 5.74) is 7.86. The molecule has 1 atom stereocenters. The number of ether oxygens (including phenoxy) is 2. The van der Waals surface area contributed by atoms with E-state index in [9.17, 15) is 5.11 Å². The molecule has 0 amide bonds. The van der Waals surface area contributed by atoms with Crippen molar-refractivity contribution < 1.29 is 14.6 Å². The van der Waals surface area contributed by atoms with E-state index in [-0.39, 0.29) is 12.5 Å². The van der Waals surface area contributed by atoms with Gasteiger partial charge < -0.3 is 20.3 Å². The van der Waals surface area contributed by atoms with Gasteiger partial charge in [0.2, 0.25) is 0 Å². The minimum atomic E-state index is -0.432. The molecule has 0 bridgehead atoms. The molecule has 0 radical (unpaired) electrons. The van der Waals surface area contributed by atoms with E-state index in [2.05, 4.69) is 29.8 Å². The van der Waals surface area contributed by atoms with Crippen LogP contribution in [-0.2, 0) is 0 Å². The van der Waals surface area contributed by atoms with Crippen molar-refractivity contribution in [3.05, 3.63) is 21.7 Å². The summed E-state index contributed by atoms with van der Waals surface area (Å²) >= 11 is 3.54. The van der Waals surface area contributed by atoms with Gasteiger partial charge in [0.1, 0.15) is 0 Å². The van der Waals surface area contributed by atoms with Crippen LogP contribution in [0.5, 0.6) is 11.5 Å². The Balaban J connectivity index is 3.54. The lowest BCUT2D eigenvalue weighted by Crippen LogP contribution is -2.18. The summed E-state index contributed by atoms with van der Waals surface area (Å²) in [6.45, 7) is 4.03. The van der Waals surface area contributed by atoms with Gasteiger partial charge in [0.15, 0.2) is 11.5 Å². The largest absolute Gasteiger partial charge is 0.493 e. The van der Waals surface area contributed by atoms with Crippen LogP contribution in [-0.4, -0.2) is 25.9 Å². The number of hydrogen-bond acceptors (Lipinski definition) is 4. The number of methoxy groups -OCH3 is 2. The number of aliphatic hydroxyl groups excluding tert-OH is 1. The normalized spacial score (nSPS) is 12.7. The zero-order valence-electron chi connectivity index (χ0n) is 11.2. The van der Waals surface area contributed by atoms with Crippen LogP contribution in [0.3, 0.4) is 0 Å². The van der Waals surface area contributed by atoms with E-state index in [1.807, 2.05) is 6.07 Å². The molecule has 1 aromatic carbocycles. The molecule has 0 spiro atoms. The Kier molecular flexibility index (Phi) is 5.44. The first-order chi connectivity index (χ1) is 8.47. The molecule has 5 heteroatoms. The lowest BCUT2D eigenvalue weighted by Gasteiger charge is -2.22. The van der Waals surface area contributed by atoms with Crippen molar-refractivity contribution in [2.75, 3.05) is 20.8 Å². The van der Waals surface area contributed by atoms with E-state index in [4.69, 9.17) is 15.2 Å². The predicted molar refractivity (Wildman–Crippen MR) is 75.3 cm³/mol. The van der Waals surface area contributed by atoms with Crippen LogP contribution < -0.4 is 15.2 Å². The monoisotopic (exact) mass is 317 g/mol. The smallest absolute Gasteiger partial charge is 0.175 e. The summed E-state index contributed by atoms with van der Waals surface area (Å²) in [6, 6.07) is 1.40. The van der Waals surface area contributed by atoms with Gasteiger partial charge in [0.25, 0.3) is 0 Å². The highest BCUT2D eigenvalue weighted by molar-refractivity contribution is 9.10. The van der Waals surface area contributed by atoms with Gasteiger partial charge in [-0.2, -0.15) is 0 Å². The topological polar surface area (TPSA) is 64.7 Å². The molecule has 102 valence electrons. The second-order valence-corrected chi connectivity index (χ2v) is 5.17. The highest BCUT2D eigenvalue weighted by Crippen LogP contribution is 2.43. The first kappa shape index (κ1) is 15.3. The van der Waals surface area contributed by atoms with E-state index in [1.54, 1.807) is 14.2 Å². The molecule has 1 rings (SSSR count). The summed E-state index contributed by atoms with van der Waals surface area (Å²) in [5.74, 6) is 1.51. The molecular weight excluding hydrogens is 298 g/mol. The second kappa shape index (κ2) is 6.41. The van der Waals surface area contributed by atoms with E-state index in [1.165, 1.54) is 0 Å². The maximum Gasteiger partial charge on any atom is 0.175 e. The highest BCUT2D eigenvalue weighted by atomic mass is 79.9. The van der Waals surface area contributed by atoms with E-state index in [0.29, 0.717) is 11.5 Å². The minimum absolute atomic E-state index is 0.109. The molecule has 0 saturated carbocycles. The van der Waals surface area contributed by atoms with Gasteiger partial charge in [0, 0.05) is 0 Å². The predicted octanol–water partition coefficient (Wildman–Crippen LogP) is 2.58. The quantitative estimate of drug-likeness (QED) is 0.876. The molecule has 0 heterocycles. The van der Waals surface area contributed by atoms with Gasteiger partial charge in [-0.05, 0) is 39.0 Å². The average Bonchev–Trinajstić information content (AvgIpc) is 2.35. The van der Waals surface area contributed by atoms with Gasteiger partial charge in [-0.25, -0.2) is 0 Å². The number of hydrogen-bond donors (Lipinski definition) is 2. The van der Waals surface area contributed by atoms with E-state index in [0.717, 1.165) is 15.6 Å². The van der Waals surface area contributed by atoms with Crippen LogP contribution >= 0.6 is 15.9 Å². The molecule has 0 aliphatic rings. The Morgan fingerprint density at radius 3 is 2.33 bits per heavy atom. The molecule has 0 aliphatic heterocycles. The summed E-state index contributed by atoms with van der Waals surface area (Å²) in [4.78, 5) is 0. The number of nitrogens with two attached hydrogens (primary N) is 1. The molecule has 18 heavy (non-hydrogen) atoms. The first-order valence-electron chi connectivity index (χ1n) is 5.78. The Morgan fingerprint density at radius 2 is 1.94 bits per heavy atom. The summed E-state index contributed by atoms with van der Waals surface area (Å²) in [7, 11) is 3.17. The van der Waals surface area contributed by atoms with E-state index < -0.39 is 6.04 Å². The van der Waals surface area contributed by atoms with Crippen molar-refractivity contribution in [2.45, 2.75) is 25.8 Å². The lowest BCUT2D eigenvalue weighted by atomic mass is 9.92. The molecule has 0 fully saturated rings. The van der Waals surface area contributed by atoms with Crippen molar-refractivity contribution in [1.29, 1.82) is 0 Å². The number of benzene rings is 1. The van der Waals surface area contributed by atoms with Gasteiger partial charge in [0.05, 0.1) is 31.3 Å². The molecule has 0 aliphatic carbocycles. The van der Waals surface area contributed by atoms with Crippen LogP contribution in [0.1, 0.15) is 36.9 Å². The molecule has 3 N–H and O–H groups in total. The van der Waals surface area contributed by atoms with Crippen LogP contribution in [0.15, 0.2) is 10.5 Å². The van der Waals surface area contributed by atoms with Gasteiger partial charge in [-0.15, -0.1) is 0 Å². The Labute approximate surface area is 116 Å². The fraction of sp³-hybridized carbons (Fsp3) is 0.538. The number of halogens is 1. The lowest BCUT2D eigenvalue weighted by molar-refractivity contribution is 0.266. The van der Waals surface area contributed by atoms with Crippen LogP contribution in [0.4, 0.5) is 0 Å². The molecule has 0 saturated heterocycles. The Morgan fingerprint density at radius 1 is 1.33 bits per heavy atom. The maximum absolute atomic E-state index is 9.26. The molecule has 1 unspecified atom stereocenters.